The molecular weight excluding hydrogens is 494 g/mol. The Morgan fingerprint density at radius 1 is 1.13 bits per heavy atom. The number of carboxylic acid groups (broad SMARTS) is 1. The van der Waals surface area contributed by atoms with E-state index in [2.05, 4.69) is 31.0 Å². The fourth-order valence-electron chi connectivity index (χ4n) is 3.42. The van der Waals surface area contributed by atoms with E-state index in [1.165, 1.54) is 17.1 Å². The van der Waals surface area contributed by atoms with Gasteiger partial charge in [-0.15, -0.1) is 0 Å². The van der Waals surface area contributed by atoms with Gasteiger partial charge >= 0.3 is 12.1 Å². The second kappa shape index (κ2) is 12.7. The van der Waals surface area contributed by atoms with Crippen LogP contribution in [0.15, 0.2) is 35.2 Å². The molecule has 3 heterocycles. The normalized spacial score (nSPS) is 11.2. The smallest absolute Gasteiger partial charge is 0.407 e. The number of pyridine rings is 1. The van der Waals surface area contributed by atoms with Crippen LogP contribution in [-0.2, 0) is 11.8 Å². The highest BCUT2D eigenvalue weighted by Gasteiger charge is 2.20. The number of ether oxygens (including phenoxy) is 1. The number of nitrogens with zero attached hydrogens (tertiary/aromatic N) is 4. The molecule has 4 N–H and O–H groups in total. The maximum absolute atomic E-state index is 12.6. The van der Waals surface area contributed by atoms with E-state index < -0.39 is 23.6 Å². The van der Waals surface area contributed by atoms with E-state index in [-0.39, 0.29) is 23.0 Å². The molecule has 0 aliphatic rings. The van der Waals surface area contributed by atoms with E-state index in [1.54, 1.807) is 25.4 Å². The number of carbonyl (C=O) groups is 3. The summed E-state index contributed by atoms with van der Waals surface area (Å²) in [5.74, 6) is -1.01. The van der Waals surface area contributed by atoms with Gasteiger partial charge in [-0.1, -0.05) is 12.8 Å². The number of hydrogen-bond donors (Lipinski definition) is 4. The summed E-state index contributed by atoms with van der Waals surface area (Å²) in [6.07, 6.45) is 7.56. The first-order chi connectivity index (χ1) is 18.0. The maximum Gasteiger partial charge on any atom is 0.407 e. The molecule has 0 fully saturated rings. The molecule has 0 radical (unpaired) electrons. The molecule has 0 unspecified atom stereocenters. The molecule has 0 aliphatic heterocycles. The molecular formula is C25H33N7O6. The topological polar surface area (TPSA) is 174 Å². The molecule has 0 spiro atoms. The van der Waals surface area contributed by atoms with Gasteiger partial charge in [-0.25, -0.2) is 19.6 Å². The third-order valence-corrected chi connectivity index (χ3v) is 5.10. The van der Waals surface area contributed by atoms with Gasteiger partial charge in [0.05, 0.1) is 5.69 Å². The van der Waals surface area contributed by atoms with Gasteiger partial charge < -0.3 is 30.2 Å². The van der Waals surface area contributed by atoms with Crippen LogP contribution in [0.1, 0.15) is 67.4 Å². The van der Waals surface area contributed by atoms with Crippen LogP contribution in [0, 0.1) is 0 Å². The Morgan fingerprint density at radius 2 is 1.87 bits per heavy atom. The zero-order valence-electron chi connectivity index (χ0n) is 21.9. The highest BCUT2D eigenvalue weighted by atomic mass is 16.6. The minimum atomic E-state index is -1.26. The molecule has 0 bridgehead atoms. The molecule has 3 rings (SSSR count). The summed E-state index contributed by atoms with van der Waals surface area (Å²) >= 11 is 0. The first-order valence-corrected chi connectivity index (χ1v) is 12.2. The minimum absolute atomic E-state index is 0.00679. The molecule has 0 saturated heterocycles. The van der Waals surface area contributed by atoms with Crippen molar-refractivity contribution in [3.8, 4) is 11.5 Å². The van der Waals surface area contributed by atoms with Gasteiger partial charge in [-0.2, -0.15) is 5.10 Å². The van der Waals surface area contributed by atoms with Crippen LogP contribution >= 0.6 is 0 Å². The monoisotopic (exact) mass is 527 g/mol. The number of amides is 2. The molecule has 204 valence electrons. The van der Waals surface area contributed by atoms with Gasteiger partial charge in [-0.05, 0) is 45.7 Å². The number of hydrogen-bond acceptors (Lipinski definition) is 9. The Balaban J connectivity index is 1.43. The molecule has 38 heavy (non-hydrogen) atoms. The molecule has 3 aromatic heterocycles. The van der Waals surface area contributed by atoms with Crippen LogP contribution < -0.4 is 16.0 Å². The Kier molecular flexibility index (Phi) is 9.41. The number of aryl methyl sites for hydroxylation is 1. The van der Waals surface area contributed by atoms with Crippen molar-refractivity contribution < 1.29 is 28.6 Å². The number of oxazole rings is 1. The number of carbonyl (C=O) groups excluding carboxylic acids is 2. The summed E-state index contributed by atoms with van der Waals surface area (Å²) in [7, 11) is 1.55. The number of aromatic nitrogens is 4. The predicted molar refractivity (Wildman–Crippen MR) is 139 cm³/mol. The van der Waals surface area contributed by atoms with Crippen LogP contribution in [0.25, 0.3) is 11.5 Å². The van der Waals surface area contributed by atoms with E-state index in [0.29, 0.717) is 24.5 Å². The third-order valence-electron chi connectivity index (χ3n) is 5.10. The lowest BCUT2D eigenvalue weighted by Gasteiger charge is -2.19. The van der Waals surface area contributed by atoms with Crippen LogP contribution in [0.3, 0.4) is 0 Å². The Hall–Kier alpha value is -4.42. The van der Waals surface area contributed by atoms with Crippen molar-refractivity contribution in [1.29, 1.82) is 0 Å². The number of alkyl carbamates (subject to hydrolysis) is 1. The summed E-state index contributed by atoms with van der Waals surface area (Å²) < 4.78 is 12.0. The van der Waals surface area contributed by atoms with Crippen molar-refractivity contribution in [3.05, 3.63) is 42.2 Å². The number of rotatable bonds is 12. The van der Waals surface area contributed by atoms with Gasteiger partial charge in [0.1, 0.15) is 17.7 Å². The summed E-state index contributed by atoms with van der Waals surface area (Å²) in [6, 6.07) is 3.47. The van der Waals surface area contributed by atoms with Crippen molar-refractivity contribution in [2.75, 3.05) is 23.7 Å². The lowest BCUT2D eigenvalue weighted by molar-refractivity contribution is 0.0526. The van der Waals surface area contributed by atoms with Crippen LogP contribution in [0.5, 0.6) is 0 Å². The zero-order valence-corrected chi connectivity index (χ0v) is 21.9. The largest absolute Gasteiger partial charge is 0.476 e. The number of carboxylic acids is 1. The summed E-state index contributed by atoms with van der Waals surface area (Å²) in [5.41, 5.74) is -0.0923. The third kappa shape index (κ3) is 8.61. The average Bonchev–Trinajstić information content (AvgIpc) is 3.47. The van der Waals surface area contributed by atoms with Crippen molar-refractivity contribution in [1.82, 2.24) is 25.1 Å². The van der Waals surface area contributed by atoms with E-state index in [4.69, 9.17) is 9.15 Å². The summed E-state index contributed by atoms with van der Waals surface area (Å²) in [4.78, 5) is 44.0. The Bertz CT molecular complexity index is 1260. The molecule has 0 aliphatic carbocycles. The maximum atomic E-state index is 12.6. The van der Waals surface area contributed by atoms with Gasteiger partial charge in [0, 0.05) is 38.1 Å². The standard InChI is InChI=1S/C25H33N7O6/c1-25(2,3)38-24(36)28-11-8-6-5-7-10-26-19-13-16(9-12-27-19)22-30-18(15-37-22)21(33)29-17-14-32(4)31-20(17)23(34)35/h9,12-15H,5-8,10-11H2,1-4H3,(H,26,27)(H,28,36)(H,29,33)(H,34,35). The quantitative estimate of drug-likeness (QED) is 0.253. The average molecular weight is 528 g/mol. The predicted octanol–water partition coefficient (Wildman–Crippen LogP) is 3.92. The van der Waals surface area contributed by atoms with Crippen molar-refractivity contribution in [2.24, 2.45) is 7.05 Å². The van der Waals surface area contributed by atoms with E-state index in [0.717, 1.165) is 25.7 Å². The number of aromatic carboxylic acids is 1. The van der Waals surface area contributed by atoms with Gasteiger partial charge in [0.25, 0.3) is 5.91 Å². The van der Waals surface area contributed by atoms with Crippen LogP contribution in [0.4, 0.5) is 16.3 Å². The Labute approximate surface area is 220 Å². The SMILES string of the molecule is Cn1cc(NC(=O)c2coc(-c3ccnc(NCCCCCCNC(=O)OC(C)(C)C)c3)n2)c(C(=O)O)n1. The van der Waals surface area contributed by atoms with Crippen LogP contribution in [0.2, 0.25) is 0 Å². The van der Waals surface area contributed by atoms with E-state index >= 15 is 0 Å². The molecule has 2 amide bonds. The van der Waals surface area contributed by atoms with Gasteiger partial charge in [0.15, 0.2) is 11.4 Å². The van der Waals surface area contributed by atoms with Gasteiger partial charge in [0.2, 0.25) is 5.89 Å². The lowest BCUT2D eigenvalue weighted by atomic mass is 10.2. The highest BCUT2D eigenvalue weighted by Crippen LogP contribution is 2.22. The zero-order chi connectivity index (χ0) is 27.7. The minimum Gasteiger partial charge on any atom is -0.476 e. The molecule has 3 aromatic rings. The highest BCUT2D eigenvalue weighted by molar-refractivity contribution is 6.06. The van der Waals surface area contributed by atoms with E-state index in [9.17, 15) is 19.5 Å². The molecule has 0 saturated carbocycles. The number of unbranched alkanes of at least 4 members (excludes halogenated alkanes) is 3. The second-order valence-electron chi connectivity index (χ2n) is 9.56. The number of nitrogens with one attached hydrogen (secondary N) is 3. The summed E-state index contributed by atoms with van der Waals surface area (Å²) in [5, 5.41) is 21.5. The molecule has 13 nitrogen and oxygen atoms in total. The first-order valence-electron chi connectivity index (χ1n) is 12.2. The van der Waals surface area contributed by atoms with E-state index in [1.807, 2.05) is 20.8 Å². The van der Waals surface area contributed by atoms with Gasteiger partial charge in [-0.3, -0.25) is 9.48 Å². The fraction of sp³-hybridized carbons (Fsp3) is 0.440. The first kappa shape index (κ1) is 28.2. The Morgan fingerprint density at radius 3 is 2.58 bits per heavy atom. The second-order valence-corrected chi connectivity index (χ2v) is 9.56. The summed E-state index contributed by atoms with van der Waals surface area (Å²) in [6.45, 7) is 6.78. The number of anilines is 2. The molecule has 13 heteroatoms. The fourth-order valence-corrected chi connectivity index (χ4v) is 3.42. The van der Waals surface area contributed by atoms with Crippen molar-refractivity contribution in [3.63, 3.8) is 0 Å². The van der Waals surface area contributed by atoms with Crippen molar-refractivity contribution in [2.45, 2.75) is 52.1 Å². The lowest BCUT2D eigenvalue weighted by Crippen LogP contribution is -2.32. The molecule has 0 aromatic carbocycles. The van der Waals surface area contributed by atoms with Crippen molar-refractivity contribution >= 4 is 29.5 Å². The van der Waals surface area contributed by atoms with Crippen LogP contribution in [-0.4, -0.2) is 61.5 Å². The molecule has 0 atom stereocenters.